The summed E-state index contributed by atoms with van der Waals surface area (Å²) in [6, 6.07) is -1.36. The van der Waals surface area contributed by atoms with E-state index in [0.29, 0.717) is 25.7 Å². The molecule has 42 heavy (non-hydrogen) atoms. The van der Waals surface area contributed by atoms with Crippen LogP contribution in [0.25, 0.3) is 0 Å². The maximum Gasteiger partial charge on any atom is 0.328 e. The largest absolute Gasteiger partial charge is 0.480 e. The number of nitrogens with one attached hydrogen (secondary N) is 1. The number of ether oxygens (including phenoxy) is 1. The van der Waals surface area contributed by atoms with Crippen LogP contribution in [0.2, 0.25) is 0 Å². The Morgan fingerprint density at radius 2 is 1.10 bits per heavy atom. The van der Waals surface area contributed by atoms with Crippen molar-refractivity contribution in [2.24, 2.45) is 11.8 Å². The van der Waals surface area contributed by atoms with Gasteiger partial charge in [0.15, 0.2) is 0 Å². The molecule has 7 nitrogen and oxygen atoms in total. The molecule has 0 aromatic heterocycles. The first-order valence-corrected chi connectivity index (χ1v) is 17.3. The SMILES string of the molecule is [2H]CC(C)CCCCCCCCCCCC(CC(=O)N[C@@H](CO)C(=O)O)OC(=O)CCCCCCCCCCCC(C)C. The molecule has 0 heterocycles. The highest BCUT2D eigenvalue weighted by Gasteiger charge is 2.23. The molecule has 0 aromatic rings. The molecule has 0 rings (SSSR count). The molecule has 0 saturated carbocycles. The van der Waals surface area contributed by atoms with Gasteiger partial charge in [-0.2, -0.15) is 0 Å². The summed E-state index contributed by atoms with van der Waals surface area (Å²) in [7, 11) is 0. The lowest BCUT2D eigenvalue weighted by Crippen LogP contribution is -2.44. The lowest BCUT2D eigenvalue weighted by molar-refractivity contribution is -0.152. The first-order valence-electron chi connectivity index (χ1n) is 18.0. The highest BCUT2D eigenvalue weighted by atomic mass is 16.5. The maximum absolute atomic E-state index is 12.5. The van der Waals surface area contributed by atoms with Crippen molar-refractivity contribution in [1.82, 2.24) is 5.32 Å². The molecule has 0 spiro atoms. The van der Waals surface area contributed by atoms with Crippen LogP contribution in [0.1, 0.15) is 177 Å². The molecule has 0 aliphatic heterocycles. The molecule has 1 amide bonds. The van der Waals surface area contributed by atoms with E-state index in [1.807, 2.05) is 0 Å². The minimum absolute atomic E-state index is 0.0917. The van der Waals surface area contributed by atoms with Crippen LogP contribution in [0.3, 0.4) is 0 Å². The van der Waals surface area contributed by atoms with Crippen LogP contribution in [0.4, 0.5) is 0 Å². The van der Waals surface area contributed by atoms with Crippen LogP contribution in [0, 0.1) is 11.8 Å². The van der Waals surface area contributed by atoms with Gasteiger partial charge in [-0.05, 0) is 31.1 Å². The lowest BCUT2D eigenvalue weighted by Gasteiger charge is -2.19. The first kappa shape index (κ1) is 38.4. The summed E-state index contributed by atoms with van der Waals surface area (Å²) in [4.78, 5) is 36.1. The van der Waals surface area contributed by atoms with E-state index in [2.05, 4.69) is 26.1 Å². The minimum Gasteiger partial charge on any atom is -0.480 e. The second-order valence-corrected chi connectivity index (χ2v) is 12.9. The standard InChI is InChI=1S/C35H67NO6/c1-29(2)23-19-15-11-7-5-9-13-17-21-25-31(27-33(38)36-32(28-37)35(40)41)42-34(39)26-22-18-14-10-6-8-12-16-20-24-30(3)4/h29-32,37H,5-28H2,1-4H3,(H,36,38)(H,40,41)/t31?,32-/m0/s1/i1D/t29?,31?,32-. The molecular formula is C35H67NO6. The minimum atomic E-state index is -1.36. The van der Waals surface area contributed by atoms with Crippen molar-refractivity contribution < 1.29 is 30.7 Å². The third kappa shape index (κ3) is 27.2. The molecule has 2 unspecified atom stereocenters. The molecule has 248 valence electrons. The third-order valence-corrected chi connectivity index (χ3v) is 7.91. The van der Waals surface area contributed by atoms with Crippen molar-refractivity contribution in [2.75, 3.05) is 6.61 Å². The van der Waals surface area contributed by atoms with Crippen LogP contribution in [0.15, 0.2) is 0 Å². The van der Waals surface area contributed by atoms with Gasteiger partial charge in [0.25, 0.3) is 0 Å². The highest BCUT2D eigenvalue weighted by Crippen LogP contribution is 2.17. The summed E-state index contributed by atoms with van der Waals surface area (Å²) < 4.78 is 13.1. The predicted octanol–water partition coefficient (Wildman–Crippen LogP) is 8.74. The molecule has 3 N–H and O–H groups in total. The molecule has 0 fully saturated rings. The van der Waals surface area contributed by atoms with Crippen LogP contribution < -0.4 is 5.32 Å². The molecule has 7 heteroatoms. The van der Waals surface area contributed by atoms with Gasteiger partial charge in [0.1, 0.15) is 12.1 Å². The average molecular weight is 599 g/mol. The summed E-state index contributed by atoms with van der Waals surface area (Å²) in [5.74, 6) is -0.809. The van der Waals surface area contributed by atoms with Gasteiger partial charge in [-0.15, -0.1) is 0 Å². The number of aliphatic hydroxyl groups is 1. The molecule has 0 saturated heterocycles. The van der Waals surface area contributed by atoms with Gasteiger partial charge in [0, 0.05) is 7.79 Å². The fourth-order valence-electron chi connectivity index (χ4n) is 5.25. The van der Waals surface area contributed by atoms with Gasteiger partial charge in [0.2, 0.25) is 5.91 Å². The Bertz CT molecular complexity index is 689. The Labute approximate surface area is 259 Å². The molecule has 0 aromatic carbocycles. The van der Waals surface area contributed by atoms with Crippen LogP contribution in [-0.4, -0.2) is 46.8 Å². The van der Waals surface area contributed by atoms with Gasteiger partial charge < -0.3 is 20.3 Å². The Morgan fingerprint density at radius 3 is 1.52 bits per heavy atom. The zero-order valence-corrected chi connectivity index (χ0v) is 27.5. The fraction of sp³-hybridized carbons (Fsp3) is 0.914. The molecule has 0 aliphatic rings. The second-order valence-electron chi connectivity index (χ2n) is 12.9. The number of carbonyl (C=O) groups excluding carboxylic acids is 2. The first-order chi connectivity index (χ1) is 20.7. The summed E-state index contributed by atoms with van der Waals surface area (Å²) in [6.07, 6.45) is 23.6. The van der Waals surface area contributed by atoms with Crippen LogP contribution in [0.5, 0.6) is 0 Å². The van der Waals surface area contributed by atoms with Crippen molar-refractivity contribution in [3.05, 3.63) is 0 Å². The lowest BCUT2D eigenvalue weighted by atomic mass is 10.0. The predicted molar refractivity (Wildman–Crippen MR) is 172 cm³/mol. The third-order valence-electron chi connectivity index (χ3n) is 7.91. The van der Waals surface area contributed by atoms with Crippen LogP contribution >= 0.6 is 0 Å². The molecule has 0 aliphatic carbocycles. The number of carboxylic acids is 1. The number of carboxylic acid groups (broad SMARTS) is 1. The number of hydrogen-bond donors (Lipinski definition) is 3. The van der Waals surface area contributed by atoms with Gasteiger partial charge in [-0.25, -0.2) is 4.79 Å². The number of aliphatic carboxylic acids is 1. The topological polar surface area (TPSA) is 113 Å². The Balaban J connectivity index is 4.26. The summed E-state index contributed by atoms with van der Waals surface area (Å²) in [5.41, 5.74) is 0. The number of amides is 1. The summed E-state index contributed by atoms with van der Waals surface area (Å²) in [6.45, 7) is 6.54. The van der Waals surface area contributed by atoms with Crippen molar-refractivity contribution in [1.29, 1.82) is 0 Å². The number of carbonyl (C=O) groups is 3. The fourth-order valence-corrected chi connectivity index (χ4v) is 5.25. The van der Waals surface area contributed by atoms with E-state index in [4.69, 9.17) is 11.2 Å². The second kappa shape index (κ2) is 28.2. The van der Waals surface area contributed by atoms with Crippen molar-refractivity contribution in [2.45, 2.75) is 187 Å². The molecule has 0 radical (unpaired) electrons. The number of unbranched alkanes of at least 4 members (excludes halogenated alkanes) is 16. The van der Waals surface area contributed by atoms with E-state index in [9.17, 15) is 19.5 Å². The number of aliphatic hydroxyl groups excluding tert-OH is 1. The number of rotatable bonds is 30. The van der Waals surface area contributed by atoms with E-state index in [1.165, 1.54) is 83.5 Å². The van der Waals surface area contributed by atoms with Crippen molar-refractivity contribution in [3.8, 4) is 0 Å². The number of hydrogen-bond acceptors (Lipinski definition) is 5. The van der Waals surface area contributed by atoms with Gasteiger partial charge in [-0.3, -0.25) is 9.59 Å². The highest BCUT2D eigenvalue weighted by molar-refractivity contribution is 5.84. The van der Waals surface area contributed by atoms with E-state index in [1.54, 1.807) is 0 Å². The maximum atomic E-state index is 12.5. The normalized spacial score (nSPS) is 13.9. The van der Waals surface area contributed by atoms with E-state index >= 15 is 0 Å². The Morgan fingerprint density at radius 1 is 0.667 bits per heavy atom. The van der Waals surface area contributed by atoms with Gasteiger partial charge in [-0.1, -0.05) is 143 Å². The Hall–Kier alpha value is -1.63. The molecule has 0 bridgehead atoms. The van der Waals surface area contributed by atoms with Gasteiger partial charge >= 0.3 is 11.9 Å². The summed E-state index contributed by atoms with van der Waals surface area (Å²) >= 11 is 0. The average Bonchev–Trinajstić information content (AvgIpc) is 2.96. The summed E-state index contributed by atoms with van der Waals surface area (Å²) in [5, 5.41) is 20.6. The number of esters is 1. The van der Waals surface area contributed by atoms with E-state index in [-0.39, 0.29) is 12.4 Å². The van der Waals surface area contributed by atoms with Crippen molar-refractivity contribution in [3.63, 3.8) is 0 Å². The molecule has 3 atom stereocenters. The smallest absolute Gasteiger partial charge is 0.328 e. The molecular weight excluding hydrogens is 530 g/mol. The van der Waals surface area contributed by atoms with Crippen molar-refractivity contribution >= 4 is 17.8 Å². The zero-order valence-electron chi connectivity index (χ0n) is 28.5. The monoisotopic (exact) mass is 599 g/mol. The van der Waals surface area contributed by atoms with E-state index in [0.717, 1.165) is 50.9 Å². The Kier molecular flexibility index (Phi) is 25.7. The van der Waals surface area contributed by atoms with E-state index < -0.39 is 30.6 Å². The zero-order chi connectivity index (χ0) is 32.1. The van der Waals surface area contributed by atoms with Crippen LogP contribution in [-0.2, 0) is 19.1 Å². The van der Waals surface area contributed by atoms with Gasteiger partial charge in [0.05, 0.1) is 13.0 Å². The quantitative estimate of drug-likeness (QED) is 0.0563.